The van der Waals surface area contributed by atoms with Gasteiger partial charge in [-0.15, -0.1) is 0 Å². The van der Waals surface area contributed by atoms with Gasteiger partial charge in [-0.2, -0.15) is 0 Å². The topological polar surface area (TPSA) is 56.4 Å². The number of hydrogen-bond acceptors (Lipinski definition) is 4. The summed E-state index contributed by atoms with van der Waals surface area (Å²) in [5.41, 5.74) is 2.58. The van der Waals surface area contributed by atoms with Crippen LogP contribution in [0.15, 0.2) is 27.4 Å². The maximum Gasteiger partial charge on any atom is 0.419 e. The molecule has 3 rings (SSSR count). The Hall–Kier alpha value is -1.59. The number of oxazole rings is 1. The predicted octanol–water partition coefficient (Wildman–Crippen LogP) is 2.35. The van der Waals surface area contributed by atoms with Crippen molar-refractivity contribution in [2.75, 3.05) is 13.2 Å². The van der Waals surface area contributed by atoms with Crippen molar-refractivity contribution in [3.05, 3.63) is 34.3 Å². The average molecular weight is 290 g/mol. The van der Waals surface area contributed by atoms with E-state index < -0.39 is 0 Å². The van der Waals surface area contributed by atoms with E-state index in [0.717, 1.165) is 37.1 Å². The summed E-state index contributed by atoms with van der Waals surface area (Å²) >= 11 is 0. The van der Waals surface area contributed by atoms with Gasteiger partial charge in [0.05, 0.1) is 17.7 Å². The molecule has 0 aliphatic carbocycles. The minimum Gasteiger partial charge on any atom is -0.408 e. The molecule has 2 aromatic rings. The Kier molecular flexibility index (Phi) is 4.12. The van der Waals surface area contributed by atoms with Gasteiger partial charge in [0.15, 0.2) is 5.58 Å². The third-order valence-corrected chi connectivity index (χ3v) is 4.19. The van der Waals surface area contributed by atoms with Crippen molar-refractivity contribution >= 4 is 11.1 Å². The normalized spacial score (nSPS) is 20.8. The van der Waals surface area contributed by atoms with E-state index in [1.807, 2.05) is 12.1 Å². The molecule has 5 nitrogen and oxygen atoms in total. The van der Waals surface area contributed by atoms with E-state index in [4.69, 9.17) is 9.15 Å². The third kappa shape index (κ3) is 2.76. The van der Waals surface area contributed by atoms with Gasteiger partial charge in [0.1, 0.15) is 0 Å². The second-order valence-electron chi connectivity index (χ2n) is 5.59. The molecule has 0 spiro atoms. The van der Waals surface area contributed by atoms with Crippen LogP contribution in [0, 0.1) is 0 Å². The number of nitrogens with one attached hydrogen (secondary N) is 1. The molecule has 0 radical (unpaired) electrons. The van der Waals surface area contributed by atoms with E-state index in [1.54, 1.807) is 7.05 Å². The molecule has 0 bridgehead atoms. The van der Waals surface area contributed by atoms with Gasteiger partial charge in [-0.3, -0.25) is 4.57 Å². The lowest BCUT2D eigenvalue weighted by Gasteiger charge is -2.31. The number of hydrogen-bond donors (Lipinski definition) is 1. The minimum atomic E-state index is -0.323. The van der Waals surface area contributed by atoms with Gasteiger partial charge in [0, 0.05) is 13.7 Å². The van der Waals surface area contributed by atoms with Crippen LogP contribution in [0.2, 0.25) is 0 Å². The second-order valence-corrected chi connectivity index (χ2v) is 5.59. The average Bonchev–Trinajstić information content (AvgIpc) is 2.80. The summed E-state index contributed by atoms with van der Waals surface area (Å²) in [6.45, 7) is 3.80. The number of likely N-dealkylation sites (N-methyl/N-ethyl adjacent to an activating group) is 1. The van der Waals surface area contributed by atoms with Crippen LogP contribution < -0.4 is 11.1 Å². The smallest absolute Gasteiger partial charge is 0.408 e. The fraction of sp³-hybridized carbons (Fsp3) is 0.562. The molecule has 1 aliphatic rings. The lowest BCUT2D eigenvalue weighted by molar-refractivity contribution is -0.00784. The fourth-order valence-electron chi connectivity index (χ4n) is 3.06. The number of rotatable bonds is 4. The first-order valence-corrected chi connectivity index (χ1v) is 7.65. The maximum absolute atomic E-state index is 11.6. The highest BCUT2D eigenvalue weighted by molar-refractivity contribution is 5.73. The van der Waals surface area contributed by atoms with E-state index in [-0.39, 0.29) is 17.9 Å². The quantitative estimate of drug-likeness (QED) is 0.939. The van der Waals surface area contributed by atoms with Crippen LogP contribution in [-0.4, -0.2) is 23.8 Å². The third-order valence-electron chi connectivity index (χ3n) is 4.19. The van der Waals surface area contributed by atoms with Crippen molar-refractivity contribution in [3.8, 4) is 0 Å². The van der Waals surface area contributed by atoms with Gasteiger partial charge >= 0.3 is 5.76 Å². The van der Waals surface area contributed by atoms with Gasteiger partial charge in [-0.05, 0) is 43.5 Å². The highest BCUT2D eigenvalue weighted by Crippen LogP contribution is 2.28. The Bertz CT molecular complexity index is 668. The molecule has 2 unspecified atom stereocenters. The molecule has 1 aromatic heterocycles. The van der Waals surface area contributed by atoms with E-state index in [9.17, 15) is 4.79 Å². The maximum atomic E-state index is 11.6. The summed E-state index contributed by atoms with van der Waals surface area (Å²) in [6, 6.07) is 6.11. The molecule has 1 aromatic carbocycles. The summed E-state index contributed by atoms with van der Waals surface area (Å²) < 4.78 is 12.7. The number of nitrogens with zero attached hydrogens (tertiary/aromatic N) is 1. The summed E-state index contributed by atoms with van der Waals surface area (Å²) in [4.78, 5) is 11.6. The highest BCUT2D eigenvalue weighted by atomic mass is 16.5. The number of benzene rings is 1. The molecular weight excluding hydrogens is 268 g/mol. The van der Waals surface area contributed by atoms with Crippen molar-refractivity contribution in [3.63, 3.8) is 0 Å². The van der Waals surface area contributed by atoms with Crippen LogP contribution in [0.25, 0.3) is 11.1 Å². The van der Waals surface area contributed by atoms with Crippen molar-refractivity contribution in [2.24, 2.45) is 7.05 Å². The number of ether oxygens (including phenoxy) is 1. The molecule has 1 aliphatic heterocycles. The van der Waals surface area contributed by atoms with Gasteiger partial charge < -0.3 is 14.5 Å². The molecule has 5 heteroatoms. The first-order valence-electron chi connectivity index (χ1n) is 7.65. The summed E-state index contributed by atoms with van der Waals surface area (Å²) in [7, 11) is 1.72. The summed E-state index contributed by atoms with van der Waals surface area (Å²) in [5.74, 6) is -0.323. The zero-order valence-electron chi connectivity index (χ0n) is 12.6. The van der Waals surface area contributed by atoms with Crippen LogP contribution >= 0.6 is 0 Å². The lowest BCUT2D eigenvalue weighted by atomic mass is 9.95. The minimum absolute atomic E-state index is 0.144. The van der Waals surface area contributed by atoms with Gasteiger partial charge in [-0.1, -0.05) is 13.0 Å². The molecule has 0 amide bonds. The van der Waals surface area contributed by atoms with Crippen LogP contribution in [0.3, 0.4) is 0 Å². The first kappa shape index (κ1) is 14.4. The molecule has 1 N–H and O–H groups in total. The molecule has 114 valence electrons. The first-order chi connectivity index (χ1) is 10.2. The number of aromatic nitrogens is 1. The summed E-state index contributed by atoms with van der Waals surface area (Å²) in [6.07, 6.45) is 3.59. The lowest BCUT2D eigenvalue weighted by Crippen LogP contribution is -2.35. The van der Waals surface area contributed by atoms with E-state index in [0.29, 0.717) is 5.58 Å². The Morgan fingerprint density at radius 1 is 1.43 bits per heavy atom. The molecule has 0 saturated carbocycles. The Labute approximate surface area is 123 Å². The van der Waals surface area contributed by atoms with E-state index in [1.165, 1.54) is 11.0 Å². The van der Waals surface area contributed by atoms with Crippen LogP contribution in [0.5, 0.6) is 0 Å². The Balaban J connectivity index is 1.96. The molecule has 2 heterocycles. The van der Waals surface area contributed by atoms with E-state index >= 15 is 0 Å². The summed E-state index contributed by atoms with van der Waals surface area (Å²) in [5, 5.41) is 3.50. The molecule has 2 atom stereocenters. The van der Waals surface area contributed by atoms with Crippen molar-refractivity contribution < 1.29 is 9.15 Å². The van der Waals surface area contributed by atoms with Crippen molar-refractivity contribution in [1.82, 2.24) is 9.88 Å². The number of fused-ring (bicyclic) bond motifs is 1. The largest absolute Gasteiger partial charge is 0.419 e. The number of aryl methyl sites for hydroxylation is 1. The SMILES string of the molecule is CCNC(c1ccc2c(c1)oc(=O)n2C)C1CCCCO1. The standard InChI is InChI=1S/C16H22N2O3/c1-3-17-15(13-6-4-5-9-20-13)11-7-8-12-14(10-11)21-16(19)18(12)2/h7-8,10,13,15,17H,3-6,9H2,1-2H3. The Morgan fingerprint density at radius 3 is 3.00 bits per heavy atom. The highest BCUT2D eigenvalue weighted by Gasteiger charge is 2.26. The van der Waals surface area contributed by atoms with Crippen LogP contribution in [0.4, 0.5) is 0 Å². The van der Waals surface area contributed by atoms with Crippen LogP contribution in [0.1, 0.15) is 37.8 Å². The van der Waals surface area contributed by atoms with E-state index in [2.05, 4.69) is 18.3 Å². The Morgan fingerprint density at radius 2 is 2.29 bits per heavy atom. The molecular formula is C16H22N2O3. The monoisotopic (exact) mass is 290 g/mol. The van der Waals surface area contributed by atoms with Crippen molar-refractivity contribution in [1.29, 1.82) is 0 Å². The molecule has 21 heavy (non-hydrogen) atoms. The van der Waals surface area contributed by atoms with Gasteiger partial charge in [0.2, 0.25) is 0 Å². The molecule has 1 saturated heterocycles. The zero-order chi connectivity index (χ0) is 14.8. The van der Waals surface area contributed by atoms with Gasteiger partial charge in [-0.25, -0.2) is 4.79 Å². The zero-order valence-corrected chi connectivity index (χ0v) is 12.6. The van der Waals surface area contributed by atoms with Crippen LogP contribution in [-0.2, 0) is 11.8 Å². The van der Waals surface area contributed by atoms with Gasteiger partial charge in [0.25, 0.3) is 0 Å². The van der Waals surface area contributed by atoms with Crippen molar-refractivity contribution in [2.45, 2.75) is 38.3 Å². The fourth-order valence-corrected chi connectivity index (χ4v) is 3.06. The predicted molar refractivity (Wildman–Crippen MR) is 81.5 cm³/mol. The molecule has 1 fully saturated rings. The second kappa shape index (κ2) is 6.03.